The summed E-state index contributed by atoms with van der Waals surface area (Å²) in [5.74, 6) is -1.81. The van der Waals surface area contributed by atoms with Gasteiger partial charge in [-0.2, -0.15) is 0 Å². The van der Waals surface area contributed by atoms with Crippen LogP contribution in [0.1, 0.15) is 219 Å². The summed E-state index contributed by atoms with van der Waals surface area (Å²) in [6.07, 6.45) is 33.3. The third kappa shape index (κ3) is 51.5. The zero-order valence-electron chi connectivity index (χ0n) is 34.4. The molecule has 0 radical (unpaired) electrons. The number of carboxylic acids is 2. The fourth-order valence-electron chi connectivity index (χ4n) is 5.95. The maximum Gasteiger partial charge on any atom is 2.00 e. The summed E-state index contributed by atoms with van der Waals surface area (Å²) in [6, 6.07) is 0. The SMILES string of the molecule is CCCCCCCCCCCCCCCCCC(=O)[O-].CCCCCCCCCCCCCCCCCC(=O)[O-].OC[C@@H](O)[C@@H](O)[C@H](O)[C@@H](O)CO.[Mg+2]. The van der Waals surface area contributed by atoms with Crippen LogP contribution in [0.15, 0.2) is 0 Å². The van der Waals surface area contributed by atoms with Crippen LogP contribution in [0.2, 0.25) is 0 Å². The average molecular weight is 773 g/mol. The number of carboxylic acid groups (broad SMARTS) is 2. The number of hydrogen-bond acceptors (Lipinski definition) is 10. The van der Waals surface area contributed by atoms with Crippen molar-refractivity contribution < 1.29 is 50.4 Å². The molecule has 0 unspecified atom stereocenters. The number of hydrogen-bond donors (Lipinski definition) is 6. The first-order chi connectivity index (χ1) is 25.1. The number of aliphatic hydroxyl groups excluding tert-OH is 6. The standard InChI is InChI=1S/2C18H36O2.C6H14O6.Mg/c2*1-2-3-4-5-6-7-8-9-10-11-12-13-14-15-16-17-18(19)20;7-1-3(9)5(11)6(12)4(10)2-8;/h2*2-17H2,1H3,(H,19,20);3-12H,1-2H2;/q;;;+2/p-2/t;;3-,4+,5-,6-;/m..1./s1. The second-order valence-corrected chi connectivity index (χ2v) is 14.6. The van der Waals surface area contributed by atoms with Crippen LogP contribution in [0.4, 0.5) is 0 Å². The predicted molar refractivity (Wildman–Crippen MR) is 213 cm³/mol. The Morgan fingerprint density at radius 2 is 0.547 bits per heavy atom. The molecule has 4 atom stereocenters. The summed E-state index contributed by atoms with van der Waals surface area (Å²) in [7, 11) is 0. The van der Waals surface area contributed by atoms with Gasteiger partial charge in [0.1, 0.15) is 24.4 Å². The van der Waals surface area contributed by atoms with E-state index in [1.165, 1.54) is 167 Å². The Morgan fingerprint density at radius 3 is 0.698 bits per heavy atom. The summed E-state index contributed by atoms with van der Waals surface area (Å²) in [4.78, 5) is 20.4. The molecule has 0 aliphatic carbocycles. The van der Waals surface area contributed by atoms with E-state index in [0.29, 0.717) is 0 Å². The molecule has 0 aliphatic heterocycles. The Hall–Kier alpha value is -0.534. The van der Waals surface area contributed by atoms with E-state index in [1.54, 1.807) is 0 Å². The van der Waals surface area contributed by atoms with Crippen molar-refractivity contribution in [1.82, 2.24) is 0 Å². The van der Waals surface area contributed by atoms with Gasteiger partial charge < -0.3 is 50.4 Å². The van der Waals surface area contributed by atoms with E-state index in [1.807, 2.05) is 0 Å². The number of aliphatic carboxylic acids is 2. The monoisotopic (exact) mass is 773 g/mol. The molecule has 0 amide bonds. The molecule has 314 valence electrons. The van der Waals surface area contributed by atoms with E-state index >= 15 is 0 Å². The predicted octanol–water partition coefficient (Wildman–Crippen LogP) is 6.03. The van der Waals surface area contributed by atoms with Crippen LogP contribution < -0.4 is 10.2 Å². The number of aliphatic hydroxyl groups is 6. The Bertz CT molecular complexity index is 657. The average Bonchev–Trinajstić information content (AvgIpc) is 3.13. The van der Waals surface area contributed by atoms with E-state index in [0.717, 1.165) is 25.7 Å². The summed E-state index contributed by atoms with van der Waals surface area (Å²) in [6.45, 7) is 3.08. The first-order valence-corrected chi connectivity index (χ1v) is 21.4. The van der Waals surface area contributed by atoms with Gasteiger partial charge in [0.25, 0.3) is 0 Å². The van der Waals surface area contributed by atoms with E-state index in [-0.39, 0.29) is 35.9 Å². The Morgan fingerprint density at radius 1 is 0.377 bits per heavy atom. The van der Waals surface area contributed by atoms with E-state index < -0.39 is 49.6 Å². The van der Waals surface area contributed by atoms with Crippen molar-refractivity contribution in [3.8, 4) is 0 Å². The van der Waals surface area contributed by atoms with Gasteiger partial charge in [0.05, 0.1) is 13.2 Å². The van der Waals surface area contributed by atoms with E-state index in [2.05, 4.69) is 13.8 Å². The molecule has 0 saturated heterocycles. The smallest absolute Gasteiger partial charge is 0.550 e. The van der Waals surface area contributed by atoms with Crippen LogP contribution in [0.3, 0.4) is 0 Å². The Kier molecular flexibility index (Phi) is 55.2. The number of carbonyl (C=O) groups is 2. The first kappa shape index (κ1) is 59.2. The molecule has 6 N–H and O–H groups in total. The van der Waals surface area contributed by atoms with Gasteiger partial charge in [0.2, 0.25) is 0 Å². The van der Waals surface area contributed by atoms with Gasteiger partial charge in [0, 0.05) is 11.9 Å². The summed E-state index contributed by atoms with van der Waals surface area (Å²) in [5, 5.41) is 72.6. The number of unbranched alkanes of at least 4 members (excludes halogenated alkanes) is 28. The fraction of sp³-hybridized carbons (Fsp3) is 0.952. The number of rotatable bonds is 37. The molecule has 11 heteroatoms. The molecule has 0 aromatic heterocycles. The normalized spacial score (nSPS) is 13.1. The maximum atomic E-state index is 10.2. The van der Waals surface area contributed by atoms with Gasteiger partial charge in [-0.25, -0.2) is 0 Å². The van der Waals surface area contributed by atoms with Gasteiger partial charge in [-0.3, -0.25) is 0 Å². The minimum atomic E-state index is -1.67. The van der Waals surface area contributed by atoms with Crippen LogP contribution in [-0.2, 0) is 9.59 Å². The molecule has 0 fully saturated rings. The van der Waals surface area contributed by atoms with Gasteiger partial charge in [-0.1, -0.05) is 194 Å². The Balaban J connectivity index is -0.000000348. The molecule has 0 spiro atoms. The van der Waals surface area contributed by atoms with Crippen molar-refractivity contribution in [1.29, 1.82) is 0 Å². The fourth-order valence-corrected chi connectivity index (χ4v) is 5.95. The molecule has 0 saturated carbocycles. The molecule has 0 aliphatic rings. The molecule has 0 bridgehead atoms. The van der Waals surface area contributed by atoms with Crippen LogP contribution in [-0.4, -0.2) is 103 Å². The topological polar surface area (TPSA) is 202 Å². The second-order valence-electron chi connectivity index (χ2n) is 14.6. The van der Waals surface area contributed by atoms with E-state index in [9.17, 15) is 19.8 Å². The summed E-state index contributed by atoms with van der Waals surface area (Å²) in [5.41, 5.74) is 0. The molecule has 10 nitrogen and oxygen atoms in total. The molecule has 0 aromatic carbocycles. The number of carbonyl (C=O) groups excluding carboxylic acids is 2. The van der Waals surface area contributed by atoms with Crippen molar-refractivity contribution in [2.75, 3.05) is 13.2 Å². The molecular formula is C42H84MgO10. The van der Waals surface area contributed by atoms with Gasteiger partial charge in [0.15, 0.2) is 0 Å². The molecule has 0 heterocycles. The van der Waals surface area contributed by atoms with Crippen LogP contribution in [0.25, 0.3) is 0 Å². The molecular weight excluding hydrogens is 689 g/mol. The van der Waals surface area contributed by atoms with Crippen LogP contribution >= 0.6 is 0 Å². The maximum absolute atomic E-state index is 10.2. The van der Waals surface area contributed by atoms with Crippen LogP contribution in [0.5, 0.6) is 0 Å². The minimum absolute atomic E-state index is 0. The quantitative estimate of drug-likeness (QED) is 0.0320. The largest absolute Gasteiger partial charge is 2.00 e. The summed E-state index contributed by atoms with van der Waals surface area (Å²) >= 11 is 0. The van der Waals surface area contributed by atoms with Crippen molar-refractivity contribution in [2.24, 2.45) is 0 Å². The molecule has 53 heavy (non-hydrogen) atoms. The second kappa shape index (κ2) is 49.5. The van der Waals surface area contributed by atoms with Crippen molar-refractivity contribution in [3.63, 3.8) is 0 Å². The third-order valence-electron chi connectivity index (χ3n) is 9.48. The zero-order valence-corrected chi connectivity index (χ0v) is 35.8. The first-order valence-electron chi connectivity index (χ1n) is 21.4. The van der Waals surface area contributed by atoms with Crippen molar-refractivity contribution in [3.05, 3.63) is 0 Å². The van der Waals surface area contributed by atoms with Gasteiger partial charge >= 0.3 is 23.1 Å². The van der Waals surface area contributed by atoms with E-state index in [4.69, 9.17) is 30.6 Å². The zero-order chi connectivity index (χ0) is 39.5. The minimum Gasteiger partial charge on any atom is -0.550 e. The van der Waals surface area contributed by atoms with Gasteiger partial charge in [-0.15, -0.1) is 0 Å². The summed E-state index contributed by atoms with van der Waals surface area (Å²) < 4.78 is 0. The third-order valence-corrected chi connectivity index (χ3v) is 9.48. The van der Waals surface area contributed by atoms with Crippen molar-refractivity contribution >= 4 is 35.0 Å². The molecule has 0 aromatic rings. The molecule has 0 rings (SSSR count). The Labute approximate surface area is 341 Å². The van der Waals surface area contributed by atoms with Gasteiger partial charge in [-0.05, 0) is 25.7 Å². The van der Waals surface area contributed by atoms with Crippen molar-refractivity contribution in [2.45, 2.75) is 244 Å². The van der Waals surface area contributed by atoms with Crippen LogP contribution in [0, 0.1) is 0 Å².